The van der Waals surface area contributed by atoms with E-state index in [2.05, 4.69) is 60.0 Å². The minimum atomic E-state index is -0.469. The van der Waals surface area contributed by atoms with Crippen molar-refractivity contribution in [2.75, 3.05) is 57.4 Å². The number of aliphatic hydroxyl groups excluding tert-OH is 1. The van der Waals surface area contributed by atoms with Crippen LogP contribution in [0.1, 0.15) is 25.3 Å². The van der Waals surface area contributed by atoms with Crippen LogP contribution >= 0.6 is 0 Å². The number of piperazine rings is 1. The summed E-state index contributed by atoms with van der Waals surface area (Å²) in [4.78, 5) is 4.70. The van der Waals surface area contributed by atoms with Crippen LogP contribution in [-0.4, -0.2) is 68.7 Å². The van der Waals surface area contributed by atoms with Gasteiger partial charge in [-0.05, 0) is 35.7 Å². The minimum Gasteiger partial charge on any atom is -0.491 e. The second-order valence-electron chi connectivity index (χ2n) is 7.92. The molecule has 0 radical (unpaired) electrons. The summed E-state index contributed by atoms with van der Waals surface area (Å²) < 4.78 is 11.3. The van der Waals surface area contributed by atoms with Crippen molar-refractivity contribution in [2.24, 2.45) is 0 Å². The van der Waals surface area contributed by atoms with Crippen LogP contribution in [0.2, 0.25) is 0 Å². The van der Waals surface area contributed by atoms with Gasteiger partial charge in [-0.2, -0.15) is 0 Å². The van der Waals surface area contributed by atoms with E-state index in [0.717, 1.165) is 31.9 Å². The van der Waals surface area contributed by atoms with Gasteiger partial charge in [-0.15, -0.1) is 0 Å². The fourth-order valence-electron chi connectivity index (χ4n) is 3.56. The van der Waals surface area contributed by atoms with Crippen LogP contribution in [0.15, 0.2) is 54.6 Å². The molecule has 0 amide bonds. The Morgan fingerprint density at radius 1 is 0.897 bits per heavy atom. The highest BCUT2D eigenvalue weighted by molar-refractivity contribution is 5.46. The first kappa shape index (κ1) is 21.6. The number of hydrogen-bond donors (Lipinski definition) is 1. The third kappa shape index (κ3) is 7.03. The Labute approximate surface area is 174 Å². The van der Waals surface area contributed by atoms with Crippen molar-refractivity contribution >= 4 is 5.69 Å². The van der Waals surface area contributed by atoms with E-state index in [0.29, 0.717) is 32.3 Å². The second kappa shape index (κ2) is 11.2. The molecule has 3 rings (SSSR count). The van der Waals surface area contributed by atoms with E-state index in [1.54, 1.807) is 0 Å². The van der Waals surface area contributed by atoms with Gasteiger partial charge < -0.3 is 19.5 Å². The Kier molecular flexibility index (Phi) is 8.35. The van der Waals surface area contributed by atoms with Gasteiger partial charge in [0.25, 0.3) is 0 Å². The Morgan fingerprint density at radius 2 is 1.59 bits per heavy atom. The monoisotopic (exact) mass is 398 g/mol. The quantitative estimate of drug-likeness (QED) is 0.622. The molecule has 0 spiro atoms. The molecular weight excluding hydrogens is 364 g/mol. The maximum Gasteiger partial charge on any atom is 0.119 e. The first-order chi connectivity index (χ1) is 14.1. The van der Waals surface area contributed by atoms with Gasteiger partial charge in [0.2, 0.25) is 0 Å². The Morgan fingerprint density at radius 3 is 2.24 bits per heavy atom. The lowest BCUT2D eigenvalue weighted by Crippen LogP contribution is -2.49. The van der Waals surface area contributed by atoms with Gasteiger partial charge >= 0.3 is 0 Å². The number of para-hydroxylation sites is 1. The van der Waals surface area contributed by atoms with E-state index in [4.69, 9.17) is 9.47 Å². The molecule has 2 aromatic rings. The van der Waals surface area contributed by atoms with E-state index >= 15 is 0 Å². The molecule has 0 aromatic heterocycles. The normalized spacial score (nSPS) is 16.2. The van der Waals surface area contributed by atoms with Crippen LogP contribution in [0.4, 0.5) is 5.69 Å². The molecule has 1 N–H and O–H groups in total. The van der Waals surface area contributed by atoms with Gasteiger partial charge in [0, 0.05) is 38.4 Å². The van der Waals surface area contributed by atoms with E-state index in [1.165, 1.54) is 11.3 Å². The summed E-state index contributed by atoms with van der Waals surface area (Å²) in [7, 11) is 0. The zero-order valence-corrected chi connectivity index (χ0v) is 17.7. The highest BCUT2D eigenvalue weighted by Gasteiger charge is 2.19. The molecule has 0 bridgehead atoms. The van der Waals surface area contributed by atoms with Gasteiger partial charge in [-0.1, -0.05) is 44.2 Å². The molecule has 1 fully saturated rings. The van der Waals surface area contributed by atoms with Crippen LogP contribution in [0.25, 0.3) is 0 Å². The fourth-order valence-corrected chi connectivity index (χ4v) is 3.56. The summed E-state index contributed by atoms with van der Waals surface area (Å²) in [5.41, 5.74) is 2.58. The molecule has 0 aliphatic carbocycles. The zero-order chi connectivity index (χ0) is 20.5. The van der Waals surface area contributed by atoms with E-state index in [-0.39, 0.29) is 0 Å². The zero-order valence-electron chi connectivity index (χ0n) is 17.7. The molecule has 158 valence electrons. The van der Waals surface area contributed by atoms with Crippen LogP contribution < -0.4 is 9.64 Å². The lowest BCUT2D eigenvalue weighted by molar-refractivity contribution is 0.00718. The second-order valence-corrected chi connectivity index (χ2v) is 7.92. The van der Waals surface area contributed by atoms with Crippen molar-refractivity contribution in [1.29, 1.82) is 0 Å². The van der Waals surface area contributed by atoms with Crippen molar-refractivity contribution in [2.45, 2.75) is 25.9 Å². The third-order valence-electron chi connectivity index (χ3n) is 5.32. The van der Waals surface area contributed by atoms with Gasteiger partial charge in [-0.25, -0.2) is 0 Å². The molecule has 5 heteroatoms. The number of hydrogen-bond acceptors (Lipinski definition) is 5. The number of benzene rings is 2. The smallest absolute Gasteiger partial charge is 0.119 e. The molecule has 1 atom stereocenters. The Bertz CT molecular complexity index is 698. The van der Waals surface area contributed by atoms with Crippen molar-refractivity contribution in [3.8, 4) is 5.75 Å². The van der Waals surface area contributed by atoms with Crippen LogP contribution in [0.3, 0.4) is 0 Å². The average molecular weight is 399 g/mol. The molecule has 0 saturated carbocycles. The van der Waals surface area contributed by atoms with E-state index < -0.39 is 6.10 Å². The Hall–Kier alpha value is -2.08. The van der Waals surface area contributed by atoms with Crippen LogP contribution in [0.5, 0.6) is 5.75 Å². The van der Waals surface area contributed by atoms with Gasteiger partial charge in [-0.3, -0.25) is 4.90 Å². The SMILES string of the molecule is CC(C)c1ccc(OCCOC[C@H](O)CN2CCN(c3ccccc3)CC2)cc1. The standard InChI is InChI=1S/C24H34N2O3/c1-20(2)21-8-10-24(11-9-21)29-17-16-28-19-23(27)18-25-12-14-26(15-13-25)22-6-4-3-5-7-22/h3-11,20,23,27H,12-19H2,1-2H3/t23-/m1/s1. The molecule has 5 nitrogen and oxygen atoms in total. The highest BCUT2D eigenvalue weighted by atomic mass is 16.5. The molecule has 1 saturated heterocycles. The highest BCUT2D eigenvalue weighted by Crippen LogP contribution is 2.18. The lowest BCUT2D eigenvalue weighted by Gasteiger charge is -2.36. The first-order valence-electron chi connectivity index (χ1n) is 10.6. The predicted molar refractivity (Wildman–Crippen MR) is 118 cm³/mol. The predicted octanol–water partition coefficient (Wildman–Crippen LogP) is 3.39. The number of ether oxygens (including phenoxy) is 2. The number of anilines is 1. The molecule has 0 unspecified atom stereocenters. The van der Waals surface area contributed by atoms with Gasteiger partial charge in [0.1, 0.15) is 12.4 Å². The molecule has 1 aliphatic rings. The summed E-state index contributed by atoms with van der Waals surface area (Å²) in [5.74, 6) is 1.38. The van der Waals surface area contributed by atoms with Crippen molar-refractivity contribution < 1.29 is 14.6 Å². The topological polar surface area (TPSA) is 45.2 Å². The Balaban J connectivity index is 1.26. The third-order valence-corrected chi connectivity index (χ3v) is 5.32. The number of nitrogens with zero attached hydrogens (tertiary/aromatic N) is 2. The number of aliphatic hydroxyl groups is 1. The van der Waals surface area contributed by atoms with Crippen LogP contribution in [-0.2, 0) is 4.74 Å². The summed E-state index contributed by atoms with van der Waals surface area (Å²) in [6.45, 7) is 10.2. The van der Waals surface area contributed by atoms with Gasteiger partial charge in [0.15, 0.2) is 0 Å². The van der Waals surface area contributed by atoms with Crippen molar-refractivity contribution in [3.63, 3.8) is 0 Å². The number of β-amino-alcohol motifs (C(OH)–C–C–N with tert-alkyl or cyclic N) is 1. The number of rotatable bonds is 10. The lowest BCUT2D eigenvalue weighted by atomic mass is 10.0. The minimum absolute atomic E-state index is 0.342. The molecular formula is C24H34N2O3. The maximum absolute atomic E-state index is 10.3. The summed E-state index contributed by atoms with van der Waals surface area (Å²) in [6, 6.07) is 18.7. The molecule has 29 heavy (non-hydrogen) atoms. The van der Waals surface area contributed by atoms with Crippen LogP contribution in [0, 0.1) is 0 Å². The first-order valence-corrected chi connectivity index (χ1v) is 10.6. The van der Waals surface area contributed by atoms with E-state index in [1.807, 2.05) is 18.2 Å². The summed E-state index contributed by atoms with van der Waals surface area (Å²) >= 11 is 0. The fraction of sp³-hybridized carbons (Fsp3) is 0.500. The summed E-state index contributed by atoms with van der Waals surface area (Å²) in [6.07, 6.45) is -0.469. The molecule has 1 aliphatic heterocycles. The van der Waals surface area contributed by atoms with E-state index in [9.17, 15) is 5.11 Å². The molecule has 1 heterocycles. The van der Waals surface area contributed by atoms with Crippen molar-refractivity contribution in [1.82, 2.24) is 4.90 Å². The summed E-state index contributed by atoms with van der Waals surface area (Å²) in [5, 5.41) is 10.3. The average Bonchev–Trinajstić information content (AvgIpc) is 2.75. The largest absolute Gasteiger partial charge is 0.491 e. The van der Waals surface area contributed by atoms with Gasteiger partial charge in [0.05, 0.1) is 19.3 Å². The maximum atomic E-state index is 10.3. The molecule has 2 aromatic carbocycles. The van der Waals surface area contributed by atoms with Crippen molar-refractivity contribution in [3.05, 3.63) is 60.2 Å².